The fraction of sp³-hybridized carbons (Fsp3) is 0. The van der Waals surface area contributed by atoms with Gasteiger partial charge in [0.25, 0.3) is 0 Å². The maximum atomic E-state index is 2.38. The van der Waals surface area contributed by atoms with Crippen molar-refractivity contribution in [3.8, 4) is 66.1 Å². The van der Waals surface area contributed by atoms with E-state index in [-0.39, 0.29) is 0 Å². The Balaban J connectivity index is 1.23. The van der Waals surface area contributed by atoms with Crippen molar-refractivity contribution in [3.63, 3.8) is 0 Å². The third-order valence-corrected chi connectivity index (χ3v) is 11.0. The van der Waals surface area contributed by atoms with Gasteiger partial charge in [-0.05, 0) is 100 Å². The van der Waals surface area contributed by atoms with E-state index < -0.39 is 0 Å². The molecular formula is C46H28S. The molecule has 1 aliphatic carbocycles. The minimum atomic E-state index is 1.24. The number of fused-ring (bicyclic) bond motifs is 5. The van der Waals surface area contributed by atoms with Crippen molar-refractivity contribution in [2.75, 3.05) is 0 Å². The van der Waals surface area contributed by atoms with Gasteiger partial charge in [0.2, 0.25) is 0 Å². The smallest absolute Gasteiger partial charge is 0.0355 e. The average Bonchev–Trinajstić information content (AvgIpc) is 3.72. The van der Waals surface area contributed by atoms with Crippen molar-refractivity contribution in [1.82, 2.24) is 0 Å². The summed E-state index contributed by atoms with van der Waals surface area (Å²) in [5.74, 6) is 0. The lowest BCUT2D eigenvalue weighted by molar-refractivity contribution is 1.62. The number of thiophene rings is 1. The number of rotatable bonds is 4. The van der Waals surface area contributed by atoms with Crippen LogP contribution in [-0.4, -0.2) is 0 Å². The van der Waals surface area contributed by atoms with E-state index in [1.807, 2.05) is 11.3 Å². The SMILES string of the molecule is c1ccc(-c2c3c(c(-c4ccccc4)c4ccccc24)-c2ccc(-c4ccc(-c5cc6ccccc6s5)cc4)c4cccc-3c24)cc1. The first-order chi connectivity index (χ1) is 23.3. The Kier molecular flexibility index (Phi) is 5.85. The molecule has 0 bridgehead atoms. The molecular weight excluding hydrogens is 585 g/mol. The summed E-state index contributed by atoms with van der Waals surface area (Å²) in [4.78, 5) is 1.31. The quantitative estimate of drug-likeness (QED) is 0.185. The third kappa shape index (κ3) is 4.00. The second-order valence-corrected chi connectivity index (χ2v) is 13.5. The van der Waals surface area contributed by atoms with Crippen LogP contribution in [0.4, 0.5) is 0 Å². The molecule has 0 spiro atoms. The van der Waals surface area contributed by atoms with Crippen LogP contribution in [-0.2, 0) is 0 Å². The van der Waals surface area contributed by atoms with Gasteiger partial charge in [0, 0.05) is 9.58 Å². The molecule has 0 nitrogen and oxygen atoms in total. The molecule has 9 aromatic rings. The van der Waals surface area contributed by atoms with Crippen LogP contribution in [0.3, 0.4) is 0 Å². The maximum absolute atomic E-state index is 2.38. The van der Waals surface area contributed by atoms with Crippen molar-refractivity contribution in [1.29, 1.82) is 0 Å². The molecule has 8 aromatic carbocycles. The van der Waals surface area contributed by atoms with Gasteiger partial charge >= 0.3 is 0 Å². The van der Waals surface area contributed by atoms with Gasteiger partial charge in [-0.1, -0.05) is 158 Å². The molecule has 1 aromatic heterocycles. The van der Waals surface area contributed by atoms with E-state index in [2.05, 4.69) is 170 Å². The van der Waals surface area contributed by atoms with Crippen LogP contribution >= 0.6 is 11.3 Å². The van der Waals surface area contributed by atoms with Crippen molar-refractivity contribution in [2.24, 2.45) is 0 Å². The zero-order valence-corrected chi connectivity index (χ0v) is 26.4. The first-order valence-corrected chi connectivity index (χ1v) is 17.0. The van der Waals surface area contributed by atoms with Crippen molar-refractivity contribution >= 4 is 43.0 Å². The van der Waals surface area contributed by atoms with E-state index >= 15 is 0 Å². The van der Waals surface area contributed by atoms with Gasteiger partial charge in [0.1, 0.15) is 0 Å². The Morgan fingerprint density at radius 1 is 0.319 bits per heavy atom. The van der Waals surface area contributed by atoms with Gasteiger partial charge in [0.05, 0.1) is 0 Å². The highest BCUT2D eigenvalue weighted by Gasteiger charge is 2.31. The molecule has 0 aliphatic heterocycles. The summed E-state index contributed by atoms with van der Waals surface area (Å²) < 4.78 is 1.33. The lowest BCUT2D eigenvalue weighted by atomic mass is 9.82. The lowest BCUT2D eigenvalue weighted by Gasteiger charge is -2.20. The van der Waals surface area contributed by atoms with Gasteiger partial charge in [-0.25, -0.2) is 0 Å². The zero-order valence-electron chi connectivity index (χ0n) is 25.6. The first-order valence-electron chi connectivity index (χ1n) is 16.2. The van der Waals surface area contributed by atoms with Crippen molar-refractivity contribution in [3.05, 3.63) is 170 Å². The van der Waals surface area contributed by atoms with Gasteiger partial charge in [-0.15, -0.1) is 11.3 Å². The normalized spacial score (nSPS) is 11.8. The average molecular weight is 613 g/mol. The summed E-state index contributed by atoms with van der Waals surface area (Å²) in [6.45, 7) is 0. The van der Waals surface area contributed by atoms with Gasteiger partial charge < -0.3 is 0 Å². The maximum Gasteiger partial charge on any atom is 0.0355 e. The second kappa shape index (κ2) is 10.4. The molecule has 1 heterocycles. The zero-order chi connectivity index (χ0) is 30.9. The molecule has 1 heteroatoms. The first kappa shape index (κ1) is 26.5. The summed E-state index contributed by atoms with van der Waals surface area (Å²) in [7, 11) is 0. The third-order valence-electron chi connectivity index (χ3n) is 9.83. The monoisotopic (exact) mass is 612 g/mol. The Morgan fingerprint density at radius 2 is 0.851 bits per heavy atom. The largest absolute Gasteiger partial charge is 0.135 e. The summed E-state index contributed by atoms with van der Waals surface area (Å²) in [6, 6.07) is 62.6. The van der Waals surface area contributed by atoms with Crippen LogP contribution in [0.5, 0.6) is 0 Å². The Morgan fingerprint density at radius 3 is 1.51 bits per heavy atom. The predicted molar refractivity (Wildman–Crippen MR) is 203 cm³/mol. The molecule has 0 amide bonds. The molecule has 0 unspecified atom stereocenters. The molecule has 0 N–H and O–H groups in total. The second-order valence-electron chi connectivity index (χ2n) is 12.4. The minimum Gasteiger partial charge on any atom is -0.135 e. The van der Waals surface area contributed by atoms with Gasteiger partial charge in [0.15, 0.2) is 0 Å². The molecule has 10 rings (SSSR count). The number of hydrogen-bond donors (Lipinski definition) is 0. The molecule has 0 saturated heterocycles. The number of benzene rings is 8. The van der Waals surface area contributed by atoms with E-state index in [0.717, 1.165) is 0 Å². The highest BCUT2D eigenvalue weighted by Crippen LogP contribution is 2.58. The van der Waals surface area contributed by atoms with Gasteiger partial charge in [-0.2, -0.15) is 0 Å². The molecule has 47 heavy (non-hydrogen) atoms. The van der Waals surface area contributed by atoms with Crippen molar-refractivity contribution < 1.29 is 0 Å². The molecule has 0 fully saturated rings. The molecule has 0 atom stereocenters. The molecule has 218 valence electrons. The summed E-state index contributed by atoms with van der Waals surface area (Å²) in [5.41, 5.74) is 14.2. The summed E-state index contributed by atoms with van der Waals surface area (Å²) in [6.07, 6.45) is 0. The minimum absolute atomic E-state index is 1.24. The van der Waals surface area contributed by atoms with Gasteiger partial charge in [-0.3, -0.25) is 0 Å². The van der Waals surface area contributed by atoms with E-state index in [1.54, 1.807) is 0 Å². The van der Waals surface area contributed by atoms with Crippen LogP contribution in [0, 0.1) is 0 Å². The predicted octanol–water partition coefficient (Wildman–Crippen LogP) is 13.5. The van der Waals surface area contributed by atoms with E-state index in [9.17, 15) is 0 Å². The standard InChI is InChI=1S/C46H28S/c1-3-12-31(13-4-1)42-36-17-8-9-18-37(36)43(32-14-5-2-6-15-32)46-39-27-26-34(35-19-11-20-38(44(35)39)45(42)46)29-22-24-30(25-23-29)41-28-33-16-7-10-21-40(33)47-41/h1-28H. The molecule has 0 radical (unpaired) electrons. The van der Waals surface area contributed by atoms with Crippen LogP contribution in [0.1, 0.15) is 0 Å². The fourth-order valence-electron chi connectivity index (χ4n) is 7.80. The van der Waals surface area contributed by atoms with Crippen LogP contribution in [0.2, 0.25) is 0 Å². The highest BCUT2D eigenvalue weighted by molar-refractivity contribution is 7.22. The van der Waals surface area contributed by atoms with Crippen LogP contribution < -0.4 is 0 Å². The fourth-order valence-corrected chi connectivity index (χ4v) is 8.87. The lowest BCUT2D eigenvalue weighted by Crippen LogP contribution is -1.93. The molecule has 0 saturated carbocycles. The Labute approximate surface area is 277 Å². The van der Waals surface area contributed by atoms with E-state index in [0.29, 0.717) is 0 Å². The Bertz CT molecular complexity index is 2520. The Hall–Kier alpha value is -5.76. The topological polar surface area (TPSA) is 0 Å². The van der Waals surface area contributed by atoms with E-state index in [4.69, 9.17) is 0 Å². The van der Waals surface area contributed by atoms with Crippen molar-refractivity contribution in [2.45, 2.75) is 0 Å². The number of hydrogen-bond acceptors (Lipinski definition) is 1. The van der Waals surface area contributed by atoms with Crippen LogP contribution in [0.15, 0.2) is 170 Å². The summed E-state index contributed by atoms with van der Waals surface area (Å²) >= 11 is 1.86. The summed E-state index contributed by atoms with van der Waals surface area (Å²) in [5, 5.41) is 6.53. The molecule has 1 aliphatic rings. The highest BCUT2D eigenvalue weighted by atomic mass is 32.1. The van der Waals surface area contributed by atoms with Crippen LogP contribution in [0.25, 0.3) is 97.7 Å². The van der Waals surface area contributed by atoms with E-state index in [1.165, 1.54) is 97.7 Å².